The van der Waals surface area contributed by atoms with E-state index in [0.717, 1.165) is 54.4 Å². The molecule has 0 bridgehead atoms. The lowest BCUT2D eigenvalue weighted by atomic mass is 10.1. The van der Waals surface area contributed by atoms with Crippen LogP contribution in [0.2, 0.25) is 0 Å². The maximum absolute atomic E-state index is 13.5. The van der Waals surface area contributed by atoms with Gasteiger partial charge in [0.1, 0.15) is 18.1 Å². The number of aromatic nitrogens is 3. The molecule has 0 radical (unpaired) electrons. The first-order valence-corrected chi connectivity index (χ1v) is 12.0. The van der Waals surface area contributed by atoms with Crippen molar-refractivity contribution in [3.8, 4) is 0 Å². The Labute approximate surface area is 186 Å². The van der Waals surface area contributed by atoms with E-state index in [1.165, 1.54) is 11.3 Å². The van der Waals surface area contributed by atoms with Crippen LogP contribution in [0.1, 0.15) is 56.4 Å². The predicted octanol–water partition coefficient (Wildman–Crippen LogP) is 3.92. The number of carbonyl (C=O) groups is 2. The van der Waals surface area contributed by atoms with Gasteiger partial charge in [-0.25, -0.2) is 4.68 Å². The van der Waals surface area contributed by atoms with Gasteiger partial charge in [0.15, 0.2) is 0 Å². The second-order valence-electron chi connectivity index (χ2n) is 8.08. The highest BCUT2D eigenvalue weighted by Crippen LogP contribution is 2.28. The average Bonchev–Trinajstić information content (AvgIpc) is 3.54. The minimum absolute atomic E-state index is 0.0583. The molecule has 0 aliphatic heterocycles. The Morgan fingerprint density at radius 3 is 2.77 bits per heavy atom. The van der Waals surface area contributed by atoms with Crippen molar-refractivity contribution in [2.24, 2.45) is 0 Å². The Bertz CT molecular complexity index is 1010. The summed E-state index contributed by atoms with van der Waals surface area (Å²) >= 11 is 1.52. The van der Waals surface area contributed by atoms with Crippen LogP contribution in [0.25, 0.3) is 11.0 Å². The number of unbranched alkanes of at least 4 members (excludes halogenated alkanes) is 1. The molecule has 2 amide bonds. The Balaban J connectivity index is 1.60. The fourth-order valence-corrected chi connectivity index (χ4v) is 5.04. The third kappa shape index (κ3) is 4.95. The molecule has 0 saturated heterocycles. The molecular weight excluding hydrogens is 410 g/mol. The Kier molecular flexibility index (Phi) is 6.96. The highest BCUT2D eigenvalue weighted by molar-refractivity contribution is 7.10. The zero-order valence-electron chi connectivity index (χ0n) is 17.9. The van der Waals surface area contributed by atoms with E-state index in [9.17, 15) is 9.59 Å². The zero-order chi connectivity index (χ0) is 21.6. The van der Waals surface area contributed by atoms with Gasteiger partial charge < -0.3 is 10.2 Å². The van der Waals surface area contributed by atoms with Crippen LogP contribution in [0.5, 0.6) is 0 Å². The number of amides is 2. The molecule has 2 heterocycles. The molecule has 31 heavy (non-hydrogen) atoms. The summed E-state index contributed by atoms with van der Waals surface area (Å²) in [5, 5.41) is 13.5. The maximum Gasteiger partial charge on any atom is 0.248 e. The monoisotopic (exact) mass is 439 g/mol. The molecule has 1 aromatic carbocycles. The number of para-hydroxylation sites is 1. The lowest BCUT2D eigenvalue weighted by molar-refractivity contribution is -0.141. The Morgan fingerprint density at radius 2 is 2.03 bits per heavy atom. The van der Waals surface area contributed by atoms with Crippen LogP contribution in [0.4, 0.5) is 0 Å². The lowest BCUT2D eigenvalue weighted by Gasteiger charge is -2.31. The van der Waals surface area contributed by atoms with E-state index in [-0.39, 0.29) is 24.4 Å². The summed E-state index contributed by atoms with van der Waals surface area (Å²) in [6.07, 6.45) is 6.09. The molecule has 8 heteroatoms. The zero-order valence-corrected chi connectivity index (χ0v) is 18.7. The highest BCUT2D eigenvalue weighted by atomic mass is 32.1. The van der Waals surface area contributed by atoms with Gasteiger partial charge in [-0.2, -0.15) is 0 Å². The third-order valence-corrected chi connectivity index (χ3v) is 6.78. The Morgan fingerprint density at radius 1 is 1.23 bits per heavy atom. The van der Waals surface area contributed by atoms with Crippen molar-refractivity contribution in [1.29, 1.82) is 0 Å². The molecule has 1 saturated carbocycles. The van der Waals surface area contributed by atoms with Gasteiger partial charge in [0.2, 0.25) is 11.8 Å². The summed E-state index contributed by atoms with van der Waals surface area (Å²) in [6, 6.07) is 11.1. The van der Waals surface area contributed by atoms with Gasteiger partial charge in [-0.15, -0.1) is 16.4 Å². The van der Waals surface area contributed by atoms with Crippen LogP contribution in [0.15, 0.2) is 41.8 Å². The van der Waals surface area contributed by atoms with Gasteiger partial charge in [-0.1, -0.05) is 49.6 Å². The van der Waals surface area contributed by atoms with E-state index in [1.807, 2.05) is 41.8 Å². The fourth-order valence-electron chi connectivity index (χ4n) is 4.20. The summed E-state index contributed by atoms with van der Waals surface area (Å²) in [4.78, 5) is 29.5. The fraction of sp³-hybridized carbons (Fsp3) is 0.478. The first-order valence-electron chi connectivity index (χ1n) is 11.1. The minimum atomic E-state index is -0.616. The van der Waals surface area contributed by atoms with Gasteiger partial charge in [0.05, 0.1) is 5.52 Å². The molecule has 1 fully saturated rings. The number of hydrogen-bond acceptors (Lipinski definition) is 5. The van der Waals surface area contributed by atoms with Gasteiger partial charge >= 0.3 is 0 Å². The van der Waals surface area contributed by atoms with E-state index < -0.39 is 6.04 Å². The van der Waals surface area contributed by atoms with E-state index in [2.05, 4.69) is 22.6 Å². The molecule has 0 spiro atoms. The molecule has 4 rings (SSSR count). The highest BCUT2D eigenvalue weighted by Gasteiger charge is 2.33. The summed E-state index contributed by atoms with van der Waals surface area (Å²) in [5.41, 5.74) is 1.57. The molecule has 1 aliphatic rings. The largest absolute Gasteiger partial charge is 0.351 e. The minimum Gasteiger partial charge on any atom is -0.351 e. The number of carbonyl (C=O) groups excluding carboxylic acids is 2. The van der Waals surface area contributed by atoms with Gasteiger partial charge in [-0.05, 0) is 42.8 Å². The predicted molar refractivity (Wildman–Crippen MR) is 122 cm³/mol. The van der Waals surface area contributed by atoms with Crippen molar-refractivity contribution in [3.63, 3.8) is 0 Å². The third-order valence-electron chi connectivity index (χ3n) is 5.85. The quantitative estimate of drug-likeness (QED) is 0.548. The number of fused-ring (bicyclic) bond motifs is 1. The number of rotatable bonds is 9. The topological polar surface area (TPSA) is 80.1 Å². The van der Waals surface area contributed by atoms with Crippen LogP contribution >= 0.6 is 11.3 Å². The molecular formula is C23H29N5O2S. The van der Waals surface area contributed by atoms with Crippen LogP contribution in [0.3, 0.4) is 0 Å². The number of thiophene rings is 1. The van der Waals surface area contributed by atoms with Gasteiger partial charge in [0, 0.05) is 17.5 Å². The van der Waals surface area contributed by atoms with Gasteiger partial charge in [0.25, 0.3) is 0 Å². The van der Waals surface area contributed by atoms with E-state index >= 15 is 0 Å². The standard InChI is InChI=1S/C23H29N5O2S/c1-2-3-14-27(21(29)16-28-19-12-7-6-11-18(19)25-26-28)22(20-13-8-15-31-20)23(30)24-17-9-4-5-10-17/h6-8,11-13,15,17,22H,2-5,9-10,14,16H2,1H3,(H,24,30)/t22-/m1/s1. The molecule has 0 unspecified atom stereocenters. The first-order chi connectivity index (χ1) is 15.2. The number of nitrogens with one attached hydrogen (secondary N) is 1. The molecule has 3 aromatic rings. The number of benzene rings is 1. The number of nitrogens with zero attached hydrogens (tertiary/aromatic N) is 4. The van der Waals surface area contributed by atoms with E-state index in [1.54, 1.807) is 9.58 Å². The van der Waals surface area contributed by atoms with E-state index in [0.29, 0.717) is 6.54 Å². The maximum atomic E-state index is 13.5. The lowest BCUT2D eigenvalue weighted by Crippen LogP contribution is -2.47. The summed E-state index contributed by atoms with van der Waals surface area (Å²) in [5.74, 6) is -0.202. The van der Waals surface area contributed by atoms with Crippen LogP contribution in [0, 0.1) is 0 Å². The van der Waals surface area contributed by atoms with Crippen LogP contribution < -0.4 is 5.32 Å². The van der Waals surface area contributed by atoms with Crippen LogP contribution in [-0.4, -0.2) is 44.3 Å². The molecule has 164 valence electrons. The van der Waals surface area contributed by atoms with Crippen molar-refractivity contribution >= 4 is 34.2 Å². The van der Waals surface area contributed by atoms with Crippen molar-refractivity contribution < 1.29 is 9.59 Å². The second kappa shape index (κ2) is 10.0. The van der Waals surface area contributed by atoms with Crippen molar-refractivity contribution in [2.45, 2.75) is 64.1 Å². The summed E-state index contributed by atoms with van der Waals surface area (Å²) < 4.78 is 1.62. The Hall–Kier alpha value is -2.74. The summed E-state index contributed by atoms with van der Waals surface area (Å²) in [6.45, 7) is 2.68. The van der Waals surface area contributed by atoms with E-state index in [4.69, 9.17) is 0 Å². The molecule has 1 N–H and O–H groups in total. The second-order valence-corrected chi connectivity index (χ2v) is 9.06. The summed E-state index contributed by atoms with van der Waals surface area (Å²) in [7, 11) is 0. The van der Waals surface area contributed by atoms with Gasteiger partial charge in [-0.3, -0.25) is 9.59 Å². The molecule has 1 aliphatic carbocycles. The van der Waals surface area contributed by atoms with Crippen LogP contribution in [-0.2, 0) is 16.1 Å². The van der Waals surface area contributed by atoms with Crippen molar-refractivity contribution in [2.75, 3.05) is 6.54 Å². The smallest absolute Gasteiger partial charge is 0.248 e. The average molecular weight is 440 g/mol. The SMILES string of the molecule is CCCCN(C(=O)Cn1nnc2ccccc21)[C@@H](C(=O)NC1CCCC1)c1cccs1. The molecule has 1 atom stereocenters. The van der Waals surface area contributed by atoms with Crippen molar-refractivity contribution in [3.05, 3.63) is 46.7 Å². The normalized spacial score (nSPS) is 15.3. The van der Waals surface area contributed by atoms with Crippen molar-refractivity contribution in [1.82, 2.24) is 25.2 Å². The molecule has 7 nitrogen and oxygen atoms in total. The molecule has 2 aromatic heterocycles. The first kappa shape index (κ1) is 21.5. The number of hydrogen-bond donors (Lipinski definition) is 1.